The van der Waals surface area contributed by atoms with E-state index in [2.05, 4.69) is 5.32 Å². The highest BCUT2D eigenvalue weighted by Gasteiger charge is 2.41. The average molecular weight is 285 g/mol. The van der Waals surface area contributed by atoms with Crippen molar-refractivity contribution in [3.8, 4) is 0 Å². The van der Waals surface area contributed by atoms with Crippen LogP contribution in [0.1, 0.15) is 39.5 Å². The van der Waals surface area contributed by atoms with Crippen LogP contribution in [0, 0.1) is 0 Å². The molecule has 0 aromatic rings. The van der Waals surface area contributed by atoms with E-state index in [0.717, 1.165) is 25.8 Å². The highest BCUT2D eigenvalue weighted by atomic mass is 16.4. The second kappa shape index (κ2) is 6.92. The molecule has 1 saturated carbocycles. The minimum Gasteiger partial charge on any atom is -0.481 e. The highest BCUT2D eigenvalue weighted by Crippen LogP contribution is 2.35. The third kappa shape index (κ3) is 4.37. The molecule has 2 amide bonds. The van der Waals surface area contributed by atoms with Crippen LogP contribution in [0.5, 0.6) is 0 Å². The van der Waals surface area contributed by atoms with E-state index in [9.17, 15) is 9.59 Å². The third-order valence-electron chi connectivity index (χ3n) is 3.94. The number of hydrogen-bond donors (Lipinski definition) is 2. The summed E-state index contributed by atoms with van der Waals surface area (Å²) in [6.45, 7) is 5.35. The van der Waals surface area contributed by atoms with Crippen LogP contribution in [0.4, 0.5) is 4.79 Å². The summed E-state index contributed by atoms with van der Waals surface area (Å²) in [6, 6.07) is -0.0558. The topological polar surface area (TPSA) is 72.9 Å². The molecule has 0 saturated heterocycles. The lowest BCUT2D eigenvalue weighted by atomic mass is 9.74. The van der Waals surface area contributed by atoms with Crippen LogP contribution in [-0.4, -0.2) is 65.7 Å². The maximum absolute atomic E-state index is 12.4. The number of carboxylic acids is 1. The summed E-state index contributed by atoms with van der Waals surface area (Å²) in [7, 11) is 3.94. The van der Waals surface area contributed by atoms with Crippen LogP contribution in [0.25, 0.3) is 0 Å². The smallest absolute Gasteiger partial charge is 0.318 e. The van der Waals surface area contributed by atoms with Gasteiger partial charge in [-0.15, -0.1) is 0 Å². The maximum Gasteiger partial charge on any atom is 0.318 e. The van der Waals surface area contributed by atoms with Gasteiger partial charge in [0.15, 0.2) is 0 Å². The molecule has 0 spiro atoms. The molecule has 116 valence electrons. The fourth-order valence-corrected chi connectivity index (χ4v) is 2.82. The van der Waals surface area contributed by atoms with E-state index in [1.807, 2.05) is 32.8 Å². The van der Waals surface area contributed by atoms with Crippen molar-refractivity contribution < 1.29 is 14.7 Å². The van der Waals surface area contributed by atoms with Gasteiger partial charge in [-0.05, 0) is 47.2 Å². The molecule has 0 aliphatic heterocycles. The monoisotopic (exact) mass is 285 g/mol. The van der Waals surface area contributed by atoms with E-state index < -0.39 is 11.5 Å². The minimum atomic E-state index is -0.852. The summed E-state index contributed by atoms with van der Waals surface area (Å²) >= 11 is 0. The normalized spacial score (nSPS) is 18.2. The maximum atomic E-state index is 12.4. The van der Waals surface area contributed by atoms with Gasteiger partial charge >= 0.3 is 12.0 Å². The molecule has 0 aromatic heterocycles. The number of carbonyl (C=O) groups excluding carboxylic acids is 1. The lowest BCUT2D eigenvalue weighted by Crippen LogP contribution is -2.59. The standard InChI is InChI=1S/C14H27N3O3/c1-5-17(11(2)10-16(3)4)13(20)15-14(7-6-8-14)9-12(18)19/h11H,5-10H2,1-4H3,(H,15,20)(H,18,19). The molecule has 1 atom stereocenters. The number of aliphatic carboxylic acids is 1. The molecule has 0 aromatic carbocycles. The Hall–Kier alpha value is -1.30. The fraction of sp³-hybridized carbons (Fsp3) is 0.857. The molecule has 20 heavy (non-hydrogen) atoms. The summed E-state index contributed by atoms with van der Waals surface area (Å²) in [5.74, 6) is -0.852. The Morgan fingerprint density at radius 3 is 2.30 bits per heavy atom. The van der Waals surface area contributed by atoms with Gasteiger partial charge in [-0.3, -0.25) is 4.79 Å². The van der Waals surface area contributed by atoms with Crippen LogP contribution >= 0.6 is 0 Å². The Labute approximate surface area is 121 Å². The van der Waals surface area contributed by atoms with Gasteiger partial charge in [0.1, 0.15) is 0 Å². The first-order chi connectivity index (χ1) is 9.29. The first-order valence-electron chi connectivity index (χ1n) is 7.25. The van der Waals surface area contributed by atoms with Crippen molar-refractivity contribution in [2.75, 3.05) is 27.2 Å². The predicted octanol–water partition coefficient (Wildman–Crippen LogP) is 1.37. The second-order valence-corrected chi connectivity index (χ2v) is 6.03. The van der Waals surface area contributed by atoms with Crippen molar-refractivity contribution in [1.29, 1.82) is 0 Å². The molecule has 0 bridgehead atoms. The number of nitrogens with one attached hydrogen (secondary N) is 1. The van der Waals surface area contributed by atoms with Crippen LogP contribution < -0.4 is 5.32 Å². The molecule has 1 rings (SSSR count). The van der Waals surface area contributed by atoms with Gasteiger partial charge in [0.05, 0.1) is 12.0 Å². The fourth-order valence-electron chi connectivity index (χ4n) is 2.82. The molecule has 1 fully saturated rings. The molecular weight excluding hydrogens is 258 g/mol. The van der Waals surface area contributed by atoms with Crippen molar-refractivity contribution in [2.45, 2.75) is 51.1 Å². The van der Waals surface area contributed by atoms with Gasteiger partial charge in [-0.1, -0.05) is 0 Å². The Bertz CT molecular complexity index is 354. The Morgan fingerprint density at radius 1 is 1.35 bits per heavy atom. The number of amides is 2. The summed E-state index contributed by atoms with van der Waals surface area (Å²) < 4.78 is 0. The van der Waals surface area contributed by atoms with Gasteiger partial charge in [0.25, 0.3) is 0 Å². The van der Waals surface area contributed by atoms with Gasteiger partial charge < -0.3 is 20.2 Å². The van der Waals surface area contributed by atoms with E-state index in [1.54, 1.807) is 4.90 Å². The first-order valence-corrected chi connectivity index (χ1v) is 7.25. The van der Waals surface area contributed by atoms with E-state index in [4.69, 9.17) is 5.11 Å². The largest absolute Gasteiger partial charge is 0.481 e. The molecule has 6 heteroatoms. The molecule has 1 aliphatic rings. The second-order valence-electron chi connectivity index (χ2n) is 6.03. The van der Waals surface area contributed by atoms with E-state index >= 15 is 0 Å². The molecule has 1 unspecified atom stereocenters. The zero-order valence-electron chi connectivity index (χ0n) is 13.0. The Balaban J connectivity index is 2.64. The van der Waals surface area contributed by atoms with Crippen molar-refractivity contribution in [3.63, 3.8) is 0 Å². The van der Waals surface area contributed by atoms with E-state index in [0.29, 0.717) is 6.54 Å². The number of hydrogen-bond acceptors (Lipinski definition) is 3. The van der Waals surface area contributed by atoms with Crippen LogP contribution in [-0.2, 0) is 4.79 Å². The Morgan fingerprint density at radius 2 is 1.95 bits per heavy atom. The van der Waals surface area contributed by atoms with Gasteiger partial charge in [-0.25, -0.2) is 4.79 Å². The SMILES string of the molecule is CCN(C(=O)NC1(CC(=O)O)CCC1)C(C)CN(C)C. The van der Waals surface area contributed by atoms with Crippen molar-refractivity contribution in [2.24, 2.45) is 0 Å². The van der Waals surface area contributed by atoms with Crippen LogP contribution in [0.2, 0.25) is 0 Å². The van der Waals surface area contributed by atoms with Gasteiger partial charge in [0.2, 0.25) is 0 Å². The zero-order valence-corrected chi connectivity index (χ0v) is 13.0. The summed E-state index contributed by atoms with van der Waals surface area (Å²) in [5, 5.41) is 11.9. The predicted molar refractivity (Wildman–Crippen MR) is 77.8 cm³/mol. The lowest BCUT2D eigenvalue weighted by Gasteiger charge is -2.43. The van der Waals surface area contributed by atoms with Crippen molar-refractivity contribution in [1.82, 2.24) is 15.1 Å². The number of urea groups is 1. The third-order valence-corrected chi connectivity index (χ3v) is 3.94. The zero-order chi connectivity index (χ0) is 15.3. The molecule has 0 heterocycles. The number of nitrogens with zero attached hydrogens (tertiary/aromatic N) is 2. The molecule has 1 aliphatic carbocycles. The molecule has 6 nitrogen and oxygen atoms in total. The number of rotatable bonds is 7. The van der Waals surface area contributed by atoms with Crippen LogP contribution in [0.15, 0.2) is 0 Å². The quantitative estimate of drug-likeness (QED) is 0.741. The van der Waals surface area contributed by atoms with Crippen LogP contribution in [0.3, 0.4) is 0 Å². The summed E-state index contributed by atoms with van der Waals surface area (Å²) in [4.78, 5) is 27.1. The highest BCUT2D eigenvalue weighted by molar-refractivity contribution is 5.77. The average Bonchev–Trinajstić information content (AvgIpc) is 2.25. The lowest BCUT2D eigenvalue weighted by molar-refractivity contribution is -0.139. The molecular formula is C14H27N3O3. The first kappa shape index (κ1) is 16.8. The summed E-state index contributed by atoms with van der Waals surface area (Å²) in [5.41, 5.74) is -0.534. The van der Waals surface area contributed by atoms with Crippen molar-refractivity contribution in [3.05, 3.63) is 0 Å². The van der Waals surface area contributed by atoms with Gasteiger partial charge in [0, 0.05) is 19.1 Å². The number of likely N-dealkylation sites (N-methyl/N-ethyl adjacent to an activating group) is 2. The summed E-state index contributed by atoms with van der Waals surface area (Å²) in [6.07, 6.45) is 2.50. The van der Waals surface area contributed by atoms with E-state index in [1.165, 1.54) is 0 Å². The number of carbonyl (C=O) groups is 2. The molecule has 2 N–H and O–H groups in total. The van der Waals surface area contributed by atoms with Gasteiger partial charge in [-0.2, -0.15) is 0 Å². The number of carboxylic acid groups (broad SMARTS) is 1. The minimum absolute atomic E-state index is 0.0123. The Kier molecular flexibility index (Phi) is 5.80. The molecule has 0 radical (unpaired) electrons. The van der Waals surface area contributed by atoms with Crippen molar-refractivity contribution >= 4 is 12.0 Å². The van der Waals surface area contributed by atoms with E-state index in [-0.39, 0.29) is 18.5 Å².